The third-order valence-electron chi connectivity index (χ3n) is 2.14. The third-order valence-corrected chi connectivity index (χ3v) is 3.97. The van der Waals surface area contributed by atoms with Gasteiger partial charge in [0.25, 0.3) is 10.0 Å². The van der Waals surface area contributed by atoms with Crippen molar-refractivity contribution in [1.29, 1.82) is 0 Å². The van der Waals surface area contributed by atoms with Crippen molar-refractivity contribution in [3.63, 3.8) is 0 Å². The molecule has 0 aliphatic carbocycles. The number of nitrogens with one attached hydrogen (secondary N) is 1. The summed E-state index contributed by atoms with van der Waals surface area (Å²) in [6.07, 6.45) is 3.01. The number of hydrogen-bond acceptors (Lipinski definition) is 3. The molecule has 0 fully saturated rings. The number of alkyl halides is 1. The second-order valence-electron chi connectivity index (χ2n) is 3.65. The fraction of sp³-hybridized carbons (Fsp3) is 0.667. The lowest BCUT2D eigenvalue weighted by Gasteiger charge is -2.08. The van der Waals surface area contributed by atoms with E-state index >= 15 is 0 Å². The summed E-state index contributed by atoms with van der Waals surface area (Å²) < 4.78 is 27.7. The van der Waals surface area contributed by atoms with Crippen LogP contribution in [0.25, 0.3) is 0 Å². The zero-order chi connectivity index (χ0) is 12.2. The van der Waals surface area contributed by atoms with Gasteiger partial charge in [0.1, 0.15) is 0 Å². The van der Waals surface area contributed by atoms with Gasteiger partial charge in [-0.3, -0.25) is 0 Å². The molecule has 0 saturated heterocycles. The smallest absolute Gasteiger partial charge is 0.259 e. The molecule has 16 heavy (non-hydrogen) atoms. The highest BCUT2D eigenvalue weighted by atomic mass is 35.5. The predicted molar refractivity (Wildman–Crippen MR) is 63.0 cm³/mol. The molecule has 0 bridgehead atoms. The van der Waals surface area contributed by atoms with Crippen molar-refractivity contribution in [3.05, 3.63) is 12.5 Å². The van der Waals surface area contributed by atoms with Gasteiger partial charge in [0, 0.05) is 25.2 Å². The van der Waals surface area contributed by atoms with E-state index in [2.05, 4.69) is 9.71 Å². The van der Waals surface area contributed by atoms with Crippen LogP contribution in [0.1, 0.15) is 13.8 Å². The molecule has 0 aliphatic heterocycles. The van der Waals surface area contributed by atoms with Crippen molar-refractivity contribution < 1.29 is 8.42 Å². The number of aromatic nitrogens is 2. The van der Waals surface area contributed by atoms with Crippen LogP contribution < -0.4 is 4.72 Å². The van der Waals surface area contributed by atoms with E-state index in [1.165, 1.54) is 12.5 Å². The Labute approximate surface area is 101 Å². The maximum absolute atomic E-state index is 11.8. The van der Waals surface area contributed by atoms with E-state index in [-0.39, 0.29) is 10.9 Å². The zero-order valence-corrected chi connectivity index (χ0v) is 10.9. The van der Waals surface area contributed by atoms with Crippen molar-refractivity contribution in [2.45, 2.75) is 25.4 Å². The second-order valence-corrected chi connectivity index (χ2v) is 5.68. The molecule has 1 heterocycles. The maximum atomic E-state index is 11.8. The molecular formula is C9H16ClN3O2S. The summed E-state index contributed by atoms with van der Waals surface area (Å²) in [5, 5.41) is 0.0520. The highest BCUT2D eigenvalue weighted by Crippen LogP contribution is 2.06. The van der Waals surface area contributed by atoms with Crippen LogP contribution in [-0.2, 0) is 16.6 Å². The van der Waals surface area contributed by atoms with Crippen LogP contribution in [0.3, 0.4) is 0 Å². The first-order valence-electron chi connectivity index (χ1n) is 5.07. The summed E-state index contributed by atoms with van der Waals surface area (Å²) in [5.41, 5.74) is 0. The standard InChI is InChI=1S/C9H16ClN3O2S/c1-3-13-6-9(11-7-13)16(14,15)12-5-8(2)4-10/h6-8,12H,3-5H2,1-2H3. The van der Waals surface area contributed by atoms with E-state index in [1.807, 2.05) is 13.8 Å². The van der Waals surface area contributed by atoms with Gasteiger partial charge in [-0.25, -0.2) is 18.1 Å². The summed E-state index contributed by atoms with van der Waals surface area (Å²) in [4.78, 5) is 3.84. The molecule has 0 saturated carbocycles. The largest absolute Gasteiger partial charge is 0.336 e. The molecule has 1 aromatic heterocycles. The van der Waals surface area contributed by atoms with Gasteiger partial charge in [-0.2, -0.15) is 0 Å². The van der Waals surface area contributed by atoms with E-state index in [0.717, 1.165) is 0 Å². The van der Waals surface area contributed by atoms with Crippen molar-refractivity contribution in [2.24, 2.45) is 5.92 Å². The summed E-state index contributed by atoms with van der Waals surface area (Å²) in [6, 6.07) is 0. The Balaban J connectivity index is 2.70. The normalized spacial score (nSPS) is 13.9. The van der Waals surface area contributed by atoms with Crippen molar-refractivity contribution in [2.75, 3.05) is 12.4 Å². The van der Waals surface area contributed by atoms with Gasteiger partial charge in [0.2, 0.25) is 0 Å². The molecule has 1 unspecified atom stereocenters. The fourth-order valence-electron chi connectivity index (χ4n) is 1.03. The average Bonchev–Trinajstić information content (AvgIpc) is 2.75. The molecule has 0 spiro atoms. The monoisotopic (exact) mass is 265 g/mol. The van der Waals surface area contributed by atoms with Gasteiger partial charge < -0.3 is 4.57 Å². The van der Waals surface area contributed by atoms with Gasteiger partial charge in [-0.1, -0.05) is 6.92 Å². The lowest BCUT2D eigenvalue weighted by Crippen LogP contribution is -2.29. The minimum atomic E-state index is -3.50. The van der Waals surface area contributed by atoms with Crippen LogP contribution in [-0.4, -0.2) is 30.4 Å². The number of nitrogens with zero attached hydrogens (tertiary/aromatic N) is 2. The molecule has 0 amide bonds. The van der Waals surface area contributed by atoms with Gasteiger partial charge in [0.05, 0.1) is 6.33 Å². The Morgan fingerprint density at radius 2 is 2.31 bits per heavy atom. The van der Waals surface area contributed by atoms with Crippen LogP contribution in [0.5, 0.6) is 0 Å². The summed E-state index contributed by atoms with van der Waals surface area (Å²) in [6.45, 7) is 4.81. The average molecular weight is 266 g/mol. The van der Waals surface area contributed by atoms with Crippen LogP contribution in [0, 0.1) is 5.92 Å². The highest BCUT2D eigenvalue weighted by Gasteiger charge is 2.17. The molecule has 5 nitrogen and oxygen atoms in total. The SMILES string of the molecule is CCn1cnc(S(=O)(=O)NCC(C)CCl)c1. The van der Waals surface area contributed by atoms with Gasteiger partial charge >= 0.3 is 0 Å². The molecule has 1 atom stereocenters. The van der Waals surface area contributed by atoms with Crippen molar-refractivity contribution in [3.8, 4) is 0 Å². The number of imidazole rings is 1. The van der Waals surface area contributed by atoms with E-state index in [4.69, 9.17) is 11.6 Å². The van der Waals surface area contributed by atoms with Gasteiger partial charge in [-0.05, 0) is 12.8 Å². The highest BCUT2D eigenvalue weighted by molar-refractivity contribution is 7.89. The molecule has 1 N–H and O–H groups in total. The minimum Gasteiger partial charge on any atom is -0.336 e. The molecule has 7 heteroatoms. The molecule has 0 aromatic carbocycles. The van der Waals surface area contributed by atoms with E-state index < -0.39 is 10.0 Å². The minimum absolute atomic E-state index is 0.0520. The summed E-state index contributed by atoms with van der Waals surface area (Å²) >= 11 is 5.60. The molecule has 1 rings (SSSR count). The van der Waals surface area contributed by atoms with Crippen LogP contribution in [0.15, 0.2) is 17.6 Å². The Kier molecular flexibility index (Phi) is 4.76. The first-order valence-corrected chi connectivity index (χ1v) is 7.08. The van der Waals surface area contributed by atoms with Crippen LogP contribution >= 0.6 is 11.6 Å². The Hall–Kier alpha value is -0.590. The third kappa shape index (κ3) is 3.47. The summed E-state index contributed by atoms with van der Waals surface area (Å²) in [7, 11) is -3.50. The first-order chi connectivity index (χ1) is 7.49. The number of aryl methyl sites for hydroxylation is 1. The van der Waals surface area contributed by atoms with Crippen molar-refractivity contribution in [1.82, 2.24) is 14.3 Å². The number of rotatable bonds is 6. The predicted octanol–water partition coefficient (Wildman–Crippen LogP) is 1.06. The molecule has 0 aliphatic rings. The summed E-state index contributed by atoms with van der Waals surface area (Å²) in [5.74, 6) is 0.524. The Bertz CT molecular complexity index is 430. The molecule has 0 radical (unpaired) electrons. The van der Waals surface area contributed by atoms with Crippen LogP contribution in [0.4, 0.5) is 0 Å². The quantitative estimate of drug-likeness (QED) is 0.782. The number of sulfonamides is 1. The molecular weight excluding hydrogens is 250 g/mol. The Morgan fingerprint density at radius 1 is 1.62 bits per heavy atom. The first kappa shape index (κ1) is 13.5. The van der Waals surface area contributed by atoms with Crippen LogP contribution in [0.2, 0.25) is 0 Å². The molecule has 92 valence electrons. The number of halogens is 1. The van der Waals surface area contributed by atoms with Gasteiger partial charge in [-0.15, -0.1) is 11.6 Å². The van der Waals surface area contributed by atoms with Crippen molar-refractivity contribution >= 4 is 21.6 Å². The topological polar surface area (TPSA) is 64.0 Å². The Morgan fingerprint density at radius 3 is 2.81 bits per heavy atom. The maximum Gasteiger partial charge on any atom is 0.259 e. The van der Waals surface area contributed by atoms with E-state index in [9.17, 15) is 8.42 Å². The molecule has 1 aromatic rings. The van der Waals surface area contributed by atoms with E-state index in [0.29, 0.717) is 19.0 Å². The lowest BCUT2D eigenvalue weighted by molar-refractivity contribution is 0.559. The zero-order valence-electron chi connectivity index (χ0n) is 9.35. The van der Waals surface area contributed by atoms with E-state index in [1.54, 1.807) is 4.57 Å². The fourth-order valence-corrected chi connectivity index (χ4v) is 2.25. The van der Waals surface area contributed by atoms with Gasteiger partial charge in [0.15, 0.2) is 5.03 Å². The second kappa shape index (κ2) is 5.65. The number of hydrogen-bond donors (Lipinski definition) is 1. The lowest BCUT2D eigenvalue weighted by atomic mass is 10.2.